The van der Waals surface area contributed by atoms with Crippen molar-refractivity contribution in [1.29, 1.82) is 0 Å². The van der Waals surface area contributed by atoms with Crippen LogP contribution >= 0.6 is 0 Å². The van der Waals surface area contributed by atoms with Gasteiger partial charge in [-0.25, -0.2) is 4.68 Å². The molecule has 0 saturated carbocycles. The predicted molar refractivity (Wildman–Crippen MR) is 140 cm³/mol. The fourth-order valence-electron chi connectivity index (χ4n) is 4.62. The molecule has 1 N–H and O–H groups in total. The lowest BCUT2D eigenvalue weighted by Crippen LogP contribution is -2.38. The van der Waals surface area contributed by atoms with Crippen molar-refractivity contribution >= 4 is 10.9 Å². The maximum atomic E-state index is 13.1. The van der Waals surface area contributed by atoms with E-state index in [0.717, 1.165) is 34.3 Å². The lowest BCUT2D eigenvalue weighted by atomic mass is 9.97. The first-order valence-electron chi connectivity index (χ1n) is 12.4. The number of aromatic amines is 1. The number of pyridine rings is 1. The number of nitrogens with one attached hydrogen (secondary N) is 1. The molecule has 184 valence electrons. The summed E-state index contributed by atoms with van der Waals surface area (Å²) in [4.78, 5) is 18.5. The van der Waals surface area contributed by atoms with Gasteiger partial charge in [-0.1, -0.05) is 62.7 Å². The van der Waals surface area contributed by atoms with Crippen molar-refractivity contribution < 1.29 is 0 Å². The minimum absolute atomic E-state index is 0.0598. The first-order chi connectivity index (χ1) is 16.7. The van der Waals surface area contributed by atoms with Gasteiger partial charge in [-0.15, -0.1) is 5.10 Å². The number of nitrogens with zero attached hydrogens (tertiary/aromatic N) is 5. The SMILES string of the molecule is CCC(C)(C)n1nnnc1C(C(C)C)N(Cc1ccccc1)Cc1cc2cc(C)ccc2[nH]c1=O. The molecule has 2 aromatic heterocycles. The summed E-state index contributed by atoms with van der Waals surface area (Å²) in [5.74, 6) is 1.05. The quantitative estimate of drug-likeness (QED) is 0.354. The van der Waals surface area contributed by atoms with E-state index in [1.54, 1.807) is 0 Å². The maximum Gasteiger partial charge on any atom is 0.252 e. The van der Waals surface area contributed by atoms with Crippen LogP contribution in [0.15, 0.2) is 59.4 Å². The second-order valence-corrected chi connectivity index (χ2v) is 10.4. The fraction of sp³-hybridized carbons (Fsp3) is 0.429. The Kier molecular flexibility index (Phi) is 7.17. The number of aromatic nitrogens is 5. The minimum Gasteiger partial charge on any atom is -0.322 e. The van der Waals surface area contributed by atoms with Crippen LogP contribution in [0, 0.1) is 12.8 Å². The molecule has 7 nitrogen and oxygen atoms in total. The van der Waals surface area contributed by atoms with Crippen molar-refractivity contribution in [3.05, 3.63) is 87.5 Å². The molecule has 0 amide bonds. The molecule has 2 aromatic carbocycles. The summed E-state index contributed by atoms with van der Waals surface area (Å²) < 4.78 is 1.96. The van der Waals surface area contributed by atoms with Crippen molar-refractivity contribution in [2.45, 2.75) is 72.6 Å². The van der Waals surface area contributed by atoms with E-state index in [-0.39, 0.29) is 23.1 Å². The Morgan fingerprint density at radius 1 is 1.06 bits per heavy atom. The van der Waals surface area contributed by atoms with Crippen molar-refractivity contribution in [2.24, 2.45) is 5.92 Å². The molecule has 1 atom stereocenters. The highest BCUT2D eigenvalue weighted by atomic mass is 16.1. The Hall–Kier alpha value is -3.32. The number of H-pyrrole nitrogens is 1. The molecule has 7 heteroatoms. The van der Waals surface area contributed by atoms with Gasteiger partial charge in [0.2, 0.25) is 0 Å². The second-order valence-electron chi connectivity index (χ2n) is 10.4. The predicted octanol–water partition coefficient (Wildman–Crippen LogP) is 5.37. The van der Waals surface area contributed by atoms with Crippen molar-refractivity contribution in [3.63, 3.8) is 0 Å². The van der Waals surface area contributed by atoms with E-state index in [1.807, 2.05) is 41.1 Å². The van der Waals surface area contributed by atoms with Crippen LogP contribution in [-0.2, 0) is 18.6 Å². The summed E-state index contributed by atoms with van der Waals surface area (Å²) in [6, 6.07) is 18.4. The average molecular weight is 473 g/mol. The molecule has 4 rings (SSSR count). The zero-order valence-electron chi connectivity index (χ0n) is 21.6. The highest BCUT2D eigenvalue weighted by Gasteiger charge is 2.33. The van der Waals surface area contributed by atoms with Crippen molar-refractivity contribution in [2.75, 3.05) is 0 Å². The molecule has 4 aromatic rings. The van der Waals surface area contributed by atoms with Gasteiger partial charge in [0.25, 0.3) is 5.56 Å². The van der Waals surface area contributed by atoms with Gasteiger partial charge in [-0.2, -0.15) is 0 Å². The molecule has 2 heterocycles. The smallest absolute Gasteiger partial charge is 0.252 e. The molecule has 0 fully saturated rings. The molecular weight excluding hydrogens is 436 g/mol. The number of fused-ring (bicyclic) bond motifs is 1. The summed E-state index contributed by atoms with van der Waals surface area (Å²) >= 11 is 0. The third kappa shape index (κ3) is 5.35. The second kappa shape index (κ2) is 10.1. The fourth-order valence-corrected chi connectivity index (χ4v) is 4.62. The van der Waals surface area contributed by atoms with E-state index in [4.69, 9.17) is 0 Å². The zero-order chi connectivity index (χ0) is 25.2. The Bertz CT molecular complexity index is 1340. The van der Waals surface area contributed by atoms with Crippen LogP contribution in [0.3, 0.4) is 0 Å². The molecule has 0 saturated heterocycles. The Morgan fingerprint density at radius 3 is 2.49 bits per heavy atom. The average Bonchev–Trinajstić information content (AvgIpc) is 3.30. The van der Waals surface area contributed by atoms with Crippen molar-refractivity contribution in [3.8, 4) is 0 Å². The third-order valence-electron chi connectivity index (χ3n) is 6.90. The number of rotatable bonds is 9. The molecule has 0 aliphatic rings. The van der Waals surface area contributed by atoms with E-state index in [1.165, 1.54) is 5.56 Å². The third-order valence-corrected chi connectivity index (χ3v) is 6.90. The van der Waals surface area contributed by atoms with Crippen LogP contribution in [0.5, 0.6) is 0 Å². The summed E-state index contributed by atoms with van der Waals surface area (Å²) in [5.41, 5.74) is 3.65. The molecule has 0 bridgehead atoms. The van der Waals surface area contributed by atoms with Gasteiger partial charge in [0.1, 0.15) is 0 Å². The summed E-state index contributed by atoms with van der Waals surface area (Å²) in [7, 11) is 0. The lowest BCUT2D eigenvalue weighted by molar-refractivity contribution is 0.118. The minimum atomic E-state index is -0.220. The summed E-state index contributed by atoms with van der Waals surface area (Å²) in [6.45, 7) is 14.1. The lowest BCUT2D eigenvalue weighted by Gasteiger charge is -2.35. The normalized spacial score (nSPS) is 13.1. The Balaban J connectivity index is 1.81. The van der Waals surface area contributed by atoms with Gasteiger partial charge in [0, 0.05) is 24.2 Å². The van der Waals surface area contributed by atoms with Gasteiger partial charge >= 0.3 is 0 Å². The number of hydrogen-bond acceptors (Lipinski definition) is 5. The molecule has 0 aliphatic carbocycles. The summed E-state index contributed by atoms with van der Waals surface area (Å²) in [6.07, 6.45) is 0.901. The van der Waals surface area contributed by atoms with E-state index in [9.17, 15) is 4.79 Å². The van der Waals surface area contributed by atoms with Gasteiger partial charge in [0.05, 0.1) is 11.6 Å². The number of aryl methyl sites for hydroxylation is 1. The van der Waals surface area contributed by atoms with Crippen LogP contribution in [0.2, 0.25) is 0 Å². The molecular formula is C28H36N6O. The Morgan fingerprint density at radius 2 is 1.80 bits per heavy atom. The summed E-state index contributed by atoms with van der Waals surface area (Å²) in [5, 5.41) is 14.0. The van der Waals surface area contributed by atoms with Gasteiger partial charge in [-0.3, -0.25) is 9.69 Å². The first kappa shape index (κ1) is 24.8. The highest BCUT2D eigenvalue weighted by Crippen LogP contribution is 2.33. The number of tetrazole rings is 1. The highest BCUT2D eigenvalue weighted by molar-refractivity contribution is 5.79. The van der Waals surface area contributed by atoms with Gasteiger partial charge < -0.3 is 4.98 Å². The Labute approximate surface area is 207 Å². The van der Waals surface area contributed by atoms with Crippen LogP contribution < -0.4 is 5.56 Å². The van der Waals surface area contributed by atoms with Crippen LogP contribution in [0.1, 0.15) is 69.6 Å². The molecule has 0 spiro atoms. The van der Waals surface area contributed by atoms with E-state index in [2.05, 4.69) is 85.2 Å². The number of hydrogen-bond donors (Lipinski definition) is 1. The van der Waals surface area contributed by atoms with E-state index < -0.39 is 0 Å². The van der Waals surface area contributed by atoms with E-state index >= 15 is 0 Å². The monoisotopic (exact) mass is 472 g/mol. The largest absolute Gasteiger partial charge is 0.322 e. The standard InChI is InChI=1S/C28H36N6O/c1-7-28(5,6)34-26(30-31-32-34)25(19(2)3)33(17-21-11-9-8-10-12-21)18-23-16-22-15-20(4)13-14-24(22)29-27(23)35/h8-16,19,25H,7,17-18H2,1-6H3,(H,29,35). The zero-order valence-corrected chi connectivity index (χ0v) is 21.6. The van der Waals surface area contributed by atoms with Crippen molar-refractivity contribution in [1.82, 2.24) is 30.1 Å². The first-order valence-corrected chi connectivity index (χ1v) is 12.4. The van der Waals surface area contributed by atoms with Gasteiger partial charge in [-0.05, 0) is 72.7 Å². The molecule has 0 radical (unpaired) electrons. The van der Waals surface area contributed by atoms with Crippen LogP contribution in [0.25, 0.3) is 10.9 Å². The van der Waals surface area contributed by atoms with Crippen LogP contribution in [0.4, 0.5) is 0 Å². The van der Waals surface area contributed by atoms with E-state index in [0.29, 0.717) is 13.1 Å². The maximum absolute atomic E-state index is 13.1. The molecule has 35 heavy (non-hydrogen) atoms. The van der Waals surface area contributed by atoms with Crippen LogP contribution in [-0.4, -0.2) is 30.1 Å². The topological polar surface area (TPSA) is 79.7 Å². The van der Waals surface area contributed by atoms with Gasteiger partial charge in [0.15, 0.2) is 5.82 Å². The number of benzene rings is 2. The molecule has 0 aliphatic heterocycles. The molecule has 1 unspecified atom stereocenters.